The van der Waals surface area contributed by atoms with Crippen LogP contribution < -0.4 is 5.32 Å². The summed E-state index contributed by atoms with van der Waals surface area (Å²) in [5, 5.41) is 4.35. The number of fused-ring (bicyclic) bond motifs is 1. The predicted molar refractivity (Wildman–Crippen MR) is 83.3 cm³/mol. The van der Waals surface area contributed by atoms with Crippen molar-refractivity contribution in [1.82, 2.24) is 5.32 Å². The van der Waals surface area contributed by atoms with Gasteiger partial charge in [-0.05, 0) is 49.9 Å². The van der Waals surface area contributed by atoms with Gasteiger partial charge >= 0.3 is 0 Å². The molecule has 0 aliphatic rings. The van der Waals surface area contributed by atoms with Crippen molar-refractivity contribution in [1.29, 1.82) is 0 Å². The normalized spacial score (nSPS) is 12.8. The van der Waals surface area contributed by atoms with Crippen LogP contribution in [0.4, 0.5) is 4.39 Å². The molecule has 0 radical (unpaired) electrons. The topological polar surface area (TPSA) is 25.2 Å². The lowest BCUT2D eigenvalue weighted by Gasteiger charge is -2.14. The average molecular weight is 304 g/mol. The van der Waals surface area contributed by atoms with Crippen LogP contribution in [-0.2, 0) is 0 Å². The zero-order chi connectivity index (χ0) is 15.0. The average Bonchev–Trinajstić information content (AvgIpc) is 2.86. The van der Waals surface area contributed by atoms with E-state index in [1.54, 1.807) is 12.1 Å². The van der Waals surface area contributed by atoms with Crippen LogP contribution in [-0.4, -0.2) is 7.05 Å². The summed E-state index contributed by atoms with van der Waals surface area (Å²) in [6, 6.07) is 12.6. The second kappa shape index (κ2) is 5.51. The van der Waals surface area contributed by atoms with E-state index in [0.717, 1.165) is 22.3 Å². The van der Waals surface area contributed by atoms with Gasteiger partial charge in [-0.2, -0.15) is 0 Å². The van der Waals surface area contributed by atoms with Gasteiger partial charge in [0.15, 0.2) is 0 Å². The molecule has 1 heterocycles. The molecule has 108 valence electrons. The molecule has 0 aliphatic carbocycles. The molecule has 1 atom stereocenters. The summed E-state index contributed by atoms with van der Waals surface area (Å²) in [6.07, 6.45) is 0. The minimum absolute atomic E-state index is 0.111. The lowest BCUT2D eigenvalue weighted by molar-refractivity contribution is 0.491. The molecule has 0 aliphatic heterocycles. The largest absolute Gasteiger partial charge is 0.459 e. The van der Waals surface area contributed by atoms with Gasteiger partial charge in [0.2, 0.25) is 0 Å². The third-order valence-electron chi connectivity index (χ3n) is 3.54. The SMILES string of the molecule is CNC(c1ccc(F)c(Cl)c1)c1cc2cc(C)ccc2o1. The number of benzene rings is 2. The Bertz CT molecular complexity index is 797. The highest BCUT2D eigenvalue weighted by Crippen LogP contribution is 2.30. The monoisotopic (exact) mass is 303 g/mol. The zero-order valence-electron chi connectivity index (χ0n) is 11.8. The molecule has 1 N–H and O–H groups in total. The summed E-state index contributed by atoms with van der Waals surface area (Å²) in [4.78, 5) is 0. The summed E-state index contributed by atoms with van der Waals surface area (Å²) in [5.41, 5.74) is 2.88. The summed E-state index contributed by atoms with van der Waals surface area (Å²) in [7, 11) is 1.83. The van der Waals surface area contributed by atoms with E-state index in [1.807, 2.05) is 32.2 Å². The number of hydrogen-bond donors (Lipinski definition) is 1. The molecule has 0 saturated heterocycles. The van der Waals surface area contributed by atoms with Gasteiger partial charge < -0.3 is 9.73 Å². The molecular formula is C17H15ClFNO. The van der Waals surface area contributed by atoms with Gasteiger partial charge in [-0.3, -0.25) is 0 Å². The quantitative estimate of drug-likeness (QED) is 0.749. The number of hydrogen-bond acceptors (Lipinski definition) is 2. The van der Waals surface area contributed by atoms with Gasteiger partial charge in [0.1, 0.15) is 17.2 Å². The van der Waals surface area contributed by atoms with Gasteiger partial charge in [-0.15, -0.1) is 0 Å². The molecule has 0 amide bonds. The third kappa shape index (κ3) is 2.67. The number of rotatable bonds is 3. The van der Waals surface area contributed by atoms with Crippen molar-refractivity contribution in [3.63, 3.8) is 0 Å². The number of nitrogens with one attached hydrogen (secondary N) is 1. The van der Waals surface area contributed by atoms with E-state index >= 15 is 0 Å². The lowest BCUT2D eigenvalue weighted by atomic mass is 10.0. The van der Waals surface area contributed by atoms with Gasteiger partial charge in [-0.25, -0.2) is 4.39 Å². The summed E-state index contributed by atoms with van der Waals surface area (Å²) in [5.74, 6) is 0.358. The molecule has 0 bridgehead atoms. The molecule has 0 fully saturated rings. The molecule has 0 spiro atoms. The van der Waals surface area contributed by atoms with Crippen molar-refractivity contribution in [2.24, 2.45) is 0 Å². The molecule has 4 heteroatoms. The maximum Gasteiger partial charge on any atom is 0.141 e. The molecular weight excluding hydrogens is 289 g/mol. The Morgan fingerprint density at radius 3 is 2.67 bits per heavy atom. The van der Waals surface area contributed by atoms with Crippen molar-refractivity contribution < 1.29 is 8.81 Å². The number of furan rings is 1. The van der Waals surface area contributed by atoms with Crippen molar-refractivity contribution >= 4 is 22.6 Å². The van der Waals surface area contributed by atoms with Crippen molar-refractivity contribution in [3.05, 3.63) is 70.2 Å². The van der Waals surface area contributed by atoms with Gasteiger partial charge in [-0.1, -0.05) is 29.3 Å². The highest BCUT2D eigenvalue weighted by Gasteiger charge is 2.18. The second-order valence-electron chi connectivity index (χ2n) is 5.09. The van der Waals surface area contributed by atoms with E-state index < -0.39 is 5.82 Å². The Kier molecular flexibility index (Phi) is 3.70. The minimum atomic E-state index is -0.421. The third-order valence-corrected chi connectivity index (χ3v) is 3.83. The van der Waals surface area contributed by atoms with Gasteiger partial charge in [0.25, 0.3) is 0 Å². The first-order chi connectivity index (χ1) is 10.1. The molecule has 1 aromatic heterocycles. The first kappa shape index (κ1) is 14.1. The maximum absolute atomic E-state index is 13.3. The van der Waals surface area contributed by atoms with Crippen molar-refractivity contribution in [3.8, 4) is 0 Å². The fraction of sp³-hybridized carbons (Fsp3) is 0.176. The molecule has 0 saturated carbocycles. The Labute approximate surface area is 127 Å². The standard InChI is InChI=1S/C17H15ClFNO/c1-10-3-6-15-12(7-10)9-16(21-15)17(20-2)11-4-5-14(19)13(18)8-11/h3-9,17,20H,1-2H3. The first-order valence-electron chi connectivity index (χ1n) is 6.71. The van der Waals surface area contributed by atoms with E-state index in [4.69, 9.17) is 16.0 Å². The van der Waals surface area contributed by atoms with E-state index in [-0.39, 0.29) is 11.1 Å². The van der Waals surface area contributed by atoms with E-state index in [0.29, 0.717) is 0 Å². The van der Waals surface area contributed by atoms with Crippen LogP contribution in [0, 0.1) is 12.7 Å². The van der Waals surface area contributed by atoms with Crippen LogP contribution in [0.3, 0.4) is 0 Å². The van der Waals surface area contributed by atoms with Crippen LogP contribution in [0.1, 0.15) is 22.9 Å². The van der Waals surface area contributed by atoms with E-state index in [1.165, 1.54) is 11.6 Å². The molecule has 3 rings (SSSR count). The minimum Gasteiger partial charge on any atom is -0.459 e. The molecule has 3 aromatic rings. The fourth-order valence-electron chi connectivity index (χ4n) is 2.49. The Hall–Kier alpha value is -1.84. The van der Waals surface area contributed by atoms with E-state index in [2.05, 4.69) is 11.4 Å². The van der Waals surface area contributed by atoms with Crippen molar-refractivity contribution in [2.75, 3.05) is 7.05 Å². The fourth-order valence-corrected chi connectivity index (χ4v) is 2.68. The first-order valence-corrected chi connectivity index (χ1v) is 7.08. The van der Waals surface area contributed by atoms with Gasteiger partial charge in [0, 0.05) is 5.39 Å². The highest BCUT2D eigenvalue weighted by molar-refractivity contribution is 6.30. The van der Waals surface area contributed by atoms with Crippen LogP contribution in [0.5, 0.6) is 0 Å². The smallest absolute Gasteiger partial charge is 0.141 e. The lowest BCUT2D eigenvalue weighted by Crippen LogP contribution is -2.17. The van der Waals surface area contributed by atoms with Crippen LogP contribution in [0.15, 0.2) is 46.9 Å². The maximum atomic E-state index is 13.3. The Morgan fingerprint density at radius 2 is 1.95 bits per heavy atom. The molecule has 1 unspecified atom stereocenters. The zero-order valence-corrected chi connectivity index (χ0v) is 12.5. The number of aryl methyl sites for hydroxylation is 1. The van der Waals surface area contributed by atoms with Crippen LogP contribution >= 0.6 is 11.6 Å². The van der Waals surface area contributed by atoms with Gasteiger partial charge in [0.05, 0.1) is 11.1 Å². The van der Waals surface area contributed by atoms with Crippen LogP contribution in [0.25, 0.3) is 11.0 Å². The molecule has 2 aromatic carbocycles. The summed E-state index contributed by atoms with van der Waals surface area (Å²) >= 11 is 5.87. The summed E-state index contributed by atoms with van der Waals surface area (Å²) in [6.45, 7) is 2.04. The Balaban J connectivity index is 2.06. The molecule has 2 nitrogen and oxygen atoms in total. The Morgan fingerprint density at radius 1 is 1.14 bits per heavy atom. The second-order valence-corrected chi connectivity index (χ2v) is 5.49. The van der Waals surface area contributed by atoms with E-state index in [9.17, 15) is 4.39 Å². The van der Waals surface area contributed by atoms with Crippen molar-refractivity contribution in [2.45, 2.75) is 13.0 Å². The van der Waals surface area contributed by atoms with Crippen LogP contribution in [0.2, 0.25) is 5.02 Å². The highest BCUT2D eigenvalue weighted by atomic mass is 35.5. The summed E-state index contributed by atoms with van der Waals surface area (Å²) < 4.78 is 19.2. The predicted octanol–water partition coefficient (Wildman–Crippen LogP) is 4.84. The molecule has 21 heavy (non-hydrogen) atoms. The number of halogens is 2.